The lowest BCUT2D eigenvalue weighted by molar-refractivity contribution is -0.928. The van der Waals surface area contributed by atoms with E-state index in [1.54, 1.807) is 0 Å². The summed E-state index contributed by atoms with van der Waals surface area (Å²) in [5.74, 6) is -0.287. The minimum atomic E-state index is -3.97. The summed E-state index contributed by atoms with van der Waals surface area (Å²) in [5, 5.41) is 27.0. The molecule has 0 aliphatic heterocycles. The summed E-state index contributed by atoms with van der Waals surface area (Å²) < 4.78 is 30.9. The molecule has 8 heteroatoms. The molecule has 0 spiro atoms. The van der Waals surface area contributed by atoms with E-state index in [9.17, 15) is 8.42 Å². The molecule has 0 unspecified atom stereocenters. The minimum Gasteiger partial charge on any atom is -0.396 e. The number of hydrogen-bond acceptors (Lipinski definition) is 5. The van der Waals surface area contributed by atoms with Crippen molar-refractivity contribution >= 4 is 10.1 Å². The first-order valence-electron chi connectivity index (χ1n) is 7.02. The predicted molar refractivity (Wildman–Crippen MR) is 75.9 cm³/mol. The van der Waals surface area contributed by atoms with Gasteiger partial charge in [-0.2, -0.15) is 8.42 Å². The van der Waals surface area contributed by atoms with Gasteiger partial charge in [-0.05, 0) is 0 Å². The van der Waals surface area contributed by atoms with Gasteiger partial charge in [0.25, 0.3) is 10.1 Å². The summed E-state index contributed by atoms with van der Waals surface area (Å²) in [6.07, 6.45) is 2.08. The average molecular weight is 314 g/mol. The van der Waals surface area contributed by atoms with Crippen LogP contribution in [0.2, 0.25) is 0 Å². The normalized spacial score (nSPS) is 12.8. The van der Waals surface area contributed by atoms with Crippen LogP contribution in [0.5, 0.6) is 0 Å². The second-order valence-corrected chi connectivity index (χ2v) is 6.68. The van der Waals surface area contributed by atoms with Gasteiger partial charge in [0, 0.05) is 45.5 Å². The maximum atomic E-state index is 10.8. The third kappa shape index (κ3) is 9.62. The lowest BCUT2D eigenvalue weighted by Gasteiger charge is -2.39. The van der Waals surface area contributed by atoms with E-state index in [2.05, 4.69) is 0 Å². The molecule has 0 rings (SSSR count). The predicted octanol–water partition coefficient (Wildman–Crippen LogP) is -0.772. The largest absolute Gasteiger partial charge is 0.396 e. The van der Waals surface area contributed by atoms with Crippen molar-refractivity contribution in [2.45, 2.75) is 25.7 Å². The van der Waals surface area contributed by atoms with Gasteiger partial charge in [0.05, 0.1) is 31.9 Å². The van der Waals surface area contributed by atoms with E-state index in [0.29, 0.717) is 56.3 Å². The fourth-order valence-corrected chi connectivity index (χ4v) is 2.97. The van der Waals surface area contributed by atoms with E-state index >= 15 is 0 Å². The molecule has 0 amide bonds. The molecule has 0 aromatic carbocycles. The smallest absolute Gasteiger partial charge is 0.265 e. The van der Waals surface area contributed by atoms with Gasteiger partial charge in [-0.25, -0.2) is 0 Å². The molecule has 0 saturated heterocycles. The Morgan fingerprint density at radius 1 is 0.700 bits per heavy atom. The number of aliphatic hydroxyl groups excluding tert-OH is 3. The Balaban J connectivity index is 4.65. The first kappa shape index (κ1) is 19.8. The van der Waals surface area contributed by atoms with Crippen LogP contribution in [0, 0.1) is 0 Å². The molecule has 0 aromatic rings. The summed E-state index contributed by atoms with van der Waals surface area (Å²) in [6.45, 7) is 2.70. The van der Waals surface area contributed by atoms with E-state index in [4.69, 9.17) is 19.9 Å². The van der Waals surface area contributed by atoms with Crippen LogP contribution < -0.4 is 0 Å². The third-order valence-corrected chi connectivity index (χ3v) is 4.21. The van der Waals surface area contributed by atoms with Crippen LogP contribution in [0.3, 0.4) is 0 Å². The molecule has 20 heavy (non-hydrogen) atoms. The summed E-state index contributed by atoms with van der Waals surface area (Å²) >= 11 is 0. The standard InChI is InChI=1S/C12H27NO6S/c14-9-1-5-13(6-2-10-15,7-3-11-16)8-4-12-20(17,18)19/h14-16H,1-12H2/p+1. The van der Waals surface area contributed by atoms with Gasteiger partial charge in [0.2, 0.25) is 0 Å². The quantitative estimate of drug-likeness (QED) is 0.262. The number of quaternary nitrogens is 1. The van der Waals surface area contributed by atoms with Crippen LogP contribution in [-0.2, 0) is 10.1 Å². The monoisotopic (exact) mass is 314 g/mol. The van der Waals surface area contributed by atoms with Gasteiger partial charge in [-0.3, -0.25) is 4.55 Å². The van der Waals surface area contributed by atoms with E-state index < -0.39 is 10.1 Å². The van der Waals surface area contributed by atoms with Crippen molar-refractivity contribution in [2.75, 3.05) is 51.8 Å². The average Bonchev–Trinajstić information content (AvgIpc) is 2.38. The maximum absolute atomic E-state index is 10.8. The fourth-order valence-electron chi connectivity index (χ4n) is 2.47. The number of hydrogen-bond donors (Lipinski definition) is 4. The van der Waals surface area contributed by atoms with Crippen molar-refractivity contribution in [2.24, 2.45) is 0 Å². The van der Waals surface area contributed by atoms with Crippen molar-refractivity contribution in [1.82, 2.24) is 0 Å². The van der Waals surface area contributed by atoms with Gasteiger partial charge < -0.3 is 19.8 Å². The van der Waals surface area contributed by atoms with Gasteiger partial charge in [0.1, 0.15) is 0 Å². The molecule has 122 valence electrons. The molecule has 0 bridgehead atoms. The lowest BCUT2D eigenvalue weighted by atomic mass is 10.2. The lowest BCUT2D eigenvalue weighted by Crippen LogP contribution is -2.51. The molecule has 0 aliphatic rings. The zero-order valence-electron chi connectivity index (χ0n) is 11.9. The summed E-state index contributed by atoms with van der Waals surface area (Å²) in [5.41, 5.74) is 0. The molecular formula is C12H28NO6S+. The van der Waals surface area contributed by atoms with Crippen LogP contribution in [0.4, 0.5) is 0 Å². The SMILES string of the molecule is O=S(=O)(O)CCC[N+](CCCO)(CCCO)CCCO. The Morgan fingerprint density at radius 2 is 1.05 bits per heavy atom. The Labute approximate surface area is 121 Å². The van der Waals surface area contributed by atoms with Gasteiger partial charge in [-0.1, -0.05) is 0 Å². The molecule has 0 atom stereocenters. The van der Waals surface area contributed by atoms with E-state index in [1.165, 1.54) is 0 Å². The topological polar surface area (TPSA) is 115 Å². The van der Waals surface area contributed by atoms with Crippen molar-refractivity contribution in [3.8, 4) is 0 Å². The molecule has 0 fully saturated rings. The zero-order valence-corrected chi connectivity index (χ0v) is 12.8. The summed E-state index contributed by atoms with van der Waals surface area (Å²) in [4.78, 5) is 0. The number of rotatable bonds is 13. The van der Waals surface area contributed by atoms with Crippen LogP contribution in [0.1, 0.15) is 25.7 Å². The second-order valence-electron chi connectivity index (χ2n) is 5.11. The van der Waals surface area contributed by atoms with E-state index in [1.807, 2.05) is 0 Å². The van der Waals surface area contributed by atoms with Crippen LogP contribution in [0.15, 0.2) is 0 Å². The van der Waals surface area contributed by atoms with Gasteiger partial charge in [0.15, 0.2) is 0 Å². The molecule has 0 heterocycles. The van der Waals surface area contributed by atoms with Crippen LogP contribution in [-0.4, -0.2) is 84.5 Å². The van der Waals surface area contributed by atoms with Crippen molar-refractivity contribution in [1.29, 1.82) is 0 Å². The molecular weight excluding hydrogens is 286 g/mol. The molecule has 7 nitrogen and oxygen atoms in total. The molecule has 0 saturated carbocycles. The number of aliphatic hydroxyl groups is 3. The number of nitrogens with zero attached hydrogens (tertiary/aromatic N) is 1. The molecule has 0 aliphatic carbocycles. The summed E-state index contributed by atoms with van der Waals surface area (Å²) in [7, 11) is -3.97. The Hall–Kier alpha value is -0.250. The van der Waals surface area contributed by atoms with Crippen LogP contribution >= 0.6 is 0 Å². The second kappa shape index (κ2) is 10.5. The first-order valence-corrected chi connectivity index (χ1v) is 8.63. The highest BCUT2D eigenvalue weighted by molar-refractivity contribution is 7.85. The van der Waals surface area contributed by atoms with Gasteiger partial charge >= 0.3 is 0 Å². The highest BCUT2D eigenvalue weighted by Gasteiger charge is 2.26. The maximum Gasteiger partial charge on any atom is 0.265 e. The molecule has 0 radical (unpaired) electrons. The first-order chi connectivity index (χ1) is 9.39. The molecule has 4 N–H and O–H groups in total. The van der Waals surface area contributed by atoms with E-state index in [-0.39, 0.29) is 25.6 Å². The summed E-state index contributed by atoms with van der Waals surface area (Å²) in [6, 6.07) is 0. The fraction of sp³-hybridized carbons (Fsp3) is 1.00. The van der Waals surface area contributed by atoms with Crippen LogP contribution in [0.25, 0.3) is 0 Å². The molecule has 0 aromatic heterocycles. The Kier molecular flexibility index (Phi) is 10.3. The highest BCUT2D eigenvalue weighted by atomic mass is 32.2. The zero-order chi connectivity index (χ0) is 15.5. The highest BCUT2D eigenvalue weighted by Crippen LogP contribution is 2.13. The minimum absolute atomic E-state index is 0.0521. The Bertz CT molecular complexity index is 311. The van der Waals surface area contributed by atoms with E-state index in [0.717, 1.165) is 0 Å². The van der Waals surface area contributed by atoms with Gasteiger partial charge in [-0.15, -0.1) is 0 Å². The van der Waals surface area contributed by atoms with Crippen molar-refractivity contribution in [3.05, 3.63) is 0 Å². The van der Waals surface area contributed by atoms with Crippen molar-refractivity contribution < 1.29 is 32.8 Å². The Morgan fingerprint density at radius 3 is 1.35 bits per heavy atom. The van der Waals surface area contributed by atoms with Crippen molar-refractivity contribution in [3.63, 3.8) is 0 Å². The third-order valence-electron chi connectivity index (χ3n) is 3.41.